The van der Waals surface area contributed by atoms with E-state index >= 15 is 0 Å². The van der Waals surface area contributed by atoms with Crippen LogP contribution in [0.4, 0.5) is 4.79 Å². The summed E-state index contributed by atoms with van der Waals surface area (Å²) in [4.78, 5) is 28.9. The van der Waals surface area contributed by atoms with Crippen molar-refractivity contribution < 1.29 is 9.59 Å². The van der Waals surface area contributed by atoms with Gasteiger partial charge in [-0.1, -0.05) is 43.2 Å². The van der Waals surface area contributed by atoms with E-state index in [-0.39, 0.29) is 11.9 Å². The first-order valence-electron chi connectivity index (χ1n) is 11.0. The molecule has 7 nitrogen and oxygen atoms in total. The van der Waals surface area contributed by atoms with Gasteiger partial charge in [0, 0.05) is 31.2 Å². The van der Waals surface area contributed by atoms with Crippen molar-refractivity contribution in [1.29, 1.82) is 0 Å². The van der Waals surface area contributed by atoms with Crippen molar-refractivity contribution in [1.82, 2.24) is 25.5 Å². The molecule has 1 fully saturated rings. The first-order valence-corrected chi connectivity index (χ1v) is 11.0. The number of hydrogen-bond donors (Lipinski definition) is 3. The lowest BCUT2D eigenvalue weighted by Crippen LogP contribution is -2.38. The third kappa shape index (κ3) is 5.63. The summed E-state index contributed by atoms with van der Waals surface area (Å²) in [5, 5.41) is 8.87. The summed E-state index contributed by atoms with van der Waals surface area (Å²) in [6, 6.07) is 15.8. The van der Waals surface area contributed by atoms with Crippen molar-refractivity contribution in [2.24, 2.45) is 0 Å². The Morgan fingerprint density at radius 3 is 2.58 bits per heavy atom. The first-order chi connectivity index (χ1) is 15.2. The fourth-order valence-corrected chi connectivity index (χ4v) is 4.04. The Labute approximate surface area is 182 Å². The predicted octanol–water partition coefficient (Wildman–Crippen LogP) is 3.25. The van der Waals surface area contributed by atoms with Crippen LogP contribution in [0.1, 0.15) is 41.6 Å². The molecule has 3 amide bonds. The van der Waals surface area contributed by atoms with Gasteiger partial charge in [0.1, 0.15) is 0 Å². The number of amides is 3. The number of benzene rings is 2. The van der Waals surface area contributed by atoms with Gasteiger partial charge in [-0.05, 0) is 43.0 Å². The summed E-state index contributed by atoms with van der Waals surface area (Å²) >= 11 is 0. The second-order valence-corrected chi connectivity index (χ2v) is 8.01. The number of nitrogens with zero attached hydrogens (tertiary/aromatic N) is 2. The maximum Gasteiger partial charge on any atom is 0.314 e. The number of aromatic nitrogens is 2. The highest BCUT2D eigenvalue weighted by molar-refractivity contribution is 5.97. The summed E-state index contributed by atoms with van der Waals surface area (Å²) < 4.78 is 1.98. The van der Waals surface area contributed by atoms with E-state index in [9.17, 15) is 9.59 Å². The quantitative estimate of drug-likeness (QED) is 0.524. The van der Waals surface area contributed by atoms with Crippen LogP contribution in [0.3, 0.4) is 0 Å². The van der Waals surface area contributed by atoms with Crippen LogP contribution in [0.25, 0.3) is 11.0 Å². The minimum absolute atomic E-state index is 0.0304. The molecule has 162 valence electrons. The summed E-state index contributed by atoms with van der Waals surface area (Å²) in [7, 11) is 0. The SMILES string of the molecule is O=C(NCCc1ccccc1)NCCn1cnc2cc(C(=O)NC3CCCC3)ccc21. The molecule has 1 saturated carbocycles. The molecule has 0 atom stereocenters. The van der Waals surface area contributed by atoms with Crippen molar-refractivity contribution >= 4 is 23.0 Å². The predicted molar refractivity (Wildman–Crippen MR) is 121 cm³/mol. The van der Waals surface area contributed by atoms with Gasteiger partial charge < -0.3 is 20.5 Å². The van der Waals surface area contributed by atoms with Crippen LogP contribution in [-0.2, 0) is 13.0 Å². The number of rotatable bonds is 8. The van der Waals surface area contributed by atoms with Crippen LogP contribution < -0.4 is 16.0 Å². The van der Waals surface area contributed by atoms with E-state index in [2.05, 4.69) is 20.9 Å². The molecule has 0 radical (unpaired) electrons. The van der Waals surface area contributed by atoms with Crippen LogP contribution in [-0.4, -0.2) is 40.6 Å². The van der Waals surface area contributed by atoms with Crippen molar-refractivity contribution in [2.45, 2.75) is 44.7 Å². The Kier molecular flexibility index (Phi) is 6.82. The van der Waals surface area contributed by atoms with Gasteiger partial charge in [0.05, 0.1) is 17.4 Å². The zero-order valence-corrected chi connectivity index (χ0v) is 17.6. The average molecular weight is 420 g/mol. The second-order valence-electron chi connectivity index (χ2n) is 8.01. The second kappa shape index (κ2) is 10.1. The number of carbonyl (C=O) groups excluding carboxylic acids is 2. The molecule has 1 aromatic heterocycles. The number of fused-ring (bicyclic) bond motifs is 1. The monoisotopic (exact) mass is 419 g/mol. The van der Waals surface area contributed by atoms with Gasteiger partial charge in [-0.15, -0.1) is 0 Å². The normalized spacial score (nSPS) is 13.9. The summed E-state index contributed by atoms with van der Waals surface area (Å²) in [6.45, 7) is 1.69. The zero-order valence-electron chi connectivity index (χ0n) is 17.6. The van der Waals surface area contributed by atoms with E-state index in [1.807, 2.05) is 53.1 Å². The Bertz CT molecular complexity index is 1020. The van der Waals surface area contributed by atoms with Crippen LogP contribution in [0, 0.1) is 0 Å². The summed E-state index contributed by atoms with van der Waals surface area (Å²) in [5.41, 5.74) is 3.57. The molecule has 1 aliphatic carbocycles. The molecule has 7 heteroatoms. The molecule has 1 heterocycles. The minimum atomic E-state index is -0.175. The van der Waals surface area contributed by atoms with Crippen LogP contribution in [0.15, 0.2) is 54.9 Å². The smallest absolute Gasteiger partial charge is 0.314 e. The zero-order chi connectivity index (χ0) is 21.5. The van der Waals surface area contributed by atoms with Gasteiger partial charge in [0.15, 0.2) is 0 Å². The van der Waals surface area contributed by atoms with Crippen molar-refractivity contribution in [3.8, 4) is 0 Å². The third-order valence-corrected chi connectivity index (χ3v) is 5.75. The molecule has 0 aliphatic heterocycles. The third-order valence-electron chi connectivity index (χ3n) is 5.75. The standard InChI is InChI=1S/C24H29N5O2/c30-23(28-20-8-4-5-9-20)19-10-11-22-21(16-19)27-17-29(22)15-14-26-24(31)25-13-12-18-6-2-1-3-7-18/h1-3,6-7,10-11,16-17,20H,4-5,8-9,12-15H2,(H,28,30)(H2,25,26,31). The van der Waals surface area contributed by atoms with Crippen molar-refractivity contribution in [2.75, 3.05) is 13.1 Å². The average Bonchev–Trinajstić information content (AvgIpc) is 3.44. The molecular formula is C24H29N5O2. The van der Waals surface area contributed by atoms with Crippen LogP contribution in [0.2, 0.25) is 0 Å². The van der Waals surface area contributed by atoms with E-state index < -0.39 is 0 Å². The molecule has 3 aromatic rings. The summed E-state index contributed by atoms with van der Waals surface area (Å²) in [6.07, 6.45) is 7.06. The molecule has 4 rings (SSSR count). The Morgan fingerprint density at radius 2 is 1.77 bits per heavy atom. The van der Waals surface area contributed by atoms with E-state index in [4.69, 9.17) is 0 Å². The van der Waals surface area contributed by atoms with Gasteiger partial charge >= 0.3 is 6.03 Å². The van der Waals surface area contributed by atoms with Gasteiger partial charge in [-0.3, -0.25) is 4.79 Å². The lowest BCUT2D eigenvalue weighted by Gasteiger charge is -2.12. The topological polar surface area (TPSA) is 88.1 Å². The highest BCUT2D eigenvalue weighted by atomic mass is 16.2. The first kappa shape index (κ1) is 20.9. The maximum absolute atomic E-state index is 12.5. The molecule has 0 spiro atoms. The molecular weight excluding hydrogens is 390 g/mol. The van der Waals surface area contributed by atoms with Crippen LogP contribution >= 0.6 is 0 Å². The minimum Gasteiger partial charge on any atom is -0.349 e. The summed E-state index contributed by atoms with van der Waals surface area (Å²) in [5.74, 6) is -0.0304. The Morgan fingerprint density at radius 1 is 1.00 bits per heavy atom. The lowest BCUT2D eigenvalue weighted by molar-refractivity contribution is 0.0938. The van der Waals surface area contributed by atoms with Crippen molar-refractivity contribution in [3.05, 3.63) is 66.0 Å². The molecule has 31 heavy (non-hydrogen) atoms. The molecule has 0 unspecified atom stereocenters. The van der Waals surface area contributed by atoms with Crippen LogP contribution in [0.5, 0.6) is 0 Å². The highest BCUT2D eigenvalue weighted by Crippen LogP contribution is 2.19. The number of carbonyl (C=O) groups is 2. The number of hydrogen-bond acceptors (Lipinski definition) is 3. The van der Waals surface area contributed by atoms with Gasteiger partial charge in [0.2, 0.25) is 0 Å². The Balaban J connectivity index is 1.24. The highest BCUT2D eigenvalue weighted by Gasteiger charge is 2.18. The lowest BCUT2D eigenvalue weighted by atomic mass is 10.1. The largest absolute Gasteiger partial charge is 0.349 e. The van der Waals surface area contributed by atoms with E-state index in [1.54, 1.807) is 6.33 Å². The Hall–Kier alpha value is -3.35. The van der Waals surface area contributed by atoms with E-state index in [0.717, 1.165) is 30.3 Å². The van der Waals surface area contributed by atoms with Gasteiger partial charge in [-0.25, -0.2) is 9.78 Å². The fraction of sp³-hybridized carbons (Fsp3) is 0.375. The molecule has 2 aromatic carbocycles. The van der Waals surface area contributed by atoms with Gasteiger partial charge in [0.25, 0.3) is 5.91 Å². The van der Waals surface area contributed by atoms with Crippen molar-refractivity contribution in [3.63, 3.8) is 0 Å². The number of nitrogens with one attached hydrogen (secondary N) is 3. The molecule has 3 N–H and O–H groups in total. The molecule has 0 saturated heterocycles. The maximum atomic E-state index is 12.5. The van der Waals surface area contributed by atoms with Gasteiger partial charge in [-0.2, -0.15) is 0 Å². The fourth-order valence-electron chi connectivity index (χ4n) is 4.04. The number of urea groups is 1. The van der Waals surface area contributed by atoms with E-state index in [1.165, 1.54) is 18.4 Å². The number of imidazole rings is 1. The molecule has 0 bridgehead atoms. The van der Waals surface area contributed by atoms with E-state index in [0.29, 0.717) is 31.2 Å². The molecule has 1 aliphatic rings.